The minimum absolute atomic E-state index is 0.122. The Morgan fingerprint density at radius 1 is 1.44 bits per heavy atom. The van der Waals surface area contributed by atoms with E-state index in [1.165, 1.54) is 0 Å². The Morgan fingerprint density at radius 2 is 2.17 bits per heavy atom. The minimum Gasteiger partial charge on any atom is -0.496 e. The molecule has 2 rings (SSSR count). The van der Waals surface area contributed by atoms with Gasteiger partial charge in [0.05, 0.1) is 24.8 Å². The van der Waals surface area contributed by atoms with Crippen molar-refractivity contribution in [1.82, 2.24) is 5.16 Å². The van der Waals surface area contributed by atoms with Crippen LogP contribution in [0.3, 0.4) is 0 Å². The van der Waals surface area contributed by atoms with Gasteiger partial charge in [-0.3, -0.25) is 4.79 Å². The SMILES string of the molecule is COc1ccccc1-c1onc(C)c1CC(=O)O. The van der Waals surface area contributed by atoms with Crippen LogP contribution in [0.4, 0.5) is 0 Å². The van der Waals surface area contributed by atoms with E-state index in [-0.39, 0.29) is 6.42 Å². The summed E-state index contributed by atoms with van der Waals surface area (Å²) in [5.41, 5.74) is 1.86. The van der Waals surface area contributed by atoms with Gasteiger partial charge in [0.1, 0.15) is 5.75 Å². The molecule has 94 valence electrons. The third-order valence-corrected chi connectivity index (χ3v) is 2.66. The highest BCUT2D eigenvalue weighted by Gasteiger charge is 2.19. The van der Waals surface area contributed by atoms with Crippen LogP contribution < -0.4 is 4.74 Å². The number of ether oxygens (including phenoxy) is 1. The van der Waals surface area contributed by atoms with Gasteiger partial charge in [-0.05, 0) is 19.1 Å². The van der Waals surface area contributed by atoms with Gasteiger partial charge < -0.3 is 14.4 Å². The Labute approximate surface area is 104 Å². The van der Waals surface area contributed by atoms with Crippen LogP contribution >= 0.6 is 0 Å². The average molecular weight is 247 g/mol. The quantitative estimate of drug-likeness (QED) is 0.897. The molecule has 0 amide bonds. The number of para-hydroxylation sites is 1. The van der Waals surface area contributed by atoms with Crippen LogP contribution in [0.25, 0.3) is 11.3 Å². The average Bonchev–Trinajstić information content (AvgIpc) is 2.70. The van der Waals surface area contributed by atoms with Gasteiger partial charge in [-0.15, -0.1) is 0 Å². The molecule has 0 aliphatic carbocycles. The maximum atomic E-state index is 10.9. The summed E-state index contributed by atoms with van der Waals surface area (Å²) in [6.07, 6.45) is -0.122. The fourth-order valence-corrected chi connectivity index (χ4v) is 1.79. The summed E-state index contributed by atoms with van der Waals surface area (Å²) in [5.74, 6) is 0.157. The summed E-state index contributed by atoms with van der Waals surface area (Å²) < 4.78 is 10.5. The first-order valence-electron chi connectivity index (χ1n) is 5.43. The van der Waals surface area contributed by atoms with E-state index in [0.717, 1.165) is 0 Å². The maximum absolute atomic E-state index is 10.9. The van der Waals surface area contributed by atoms with Crippen molar-refractivity contribution in [3.63, 3.8) is 0 Å². The molecule has 1 aromatic heterocycles. The smallest absolute Gasteiger partial charge is 0.308 e. The van der Waals surface area contributed by atoms with Gasteiger partial charge in [0.2, 0.25) is 0 Å². The number of hydrogen-bond donors (Lipinski definition) is 1. The zero-order valence-corrected chi connectivity index (χ0v) is 10.1. The number of rotatable bonds is 4. The van der Waals surface area contributed by atoms with Crippen LogP contribution in [0, 0.1) is 6.92 Å². The van der Waals surface area contributed by atoms with E-state index < -0.39 is 5.97 Å². The van der Waals surface area contributed by atoms with Crippen molar-refractivity contribution in [3.05, 3.63) is 35.5 Å². The standard InChI is InChI=1S/C13H13NO4/c1-8-10(7-12(15)16)13(18-14-8)9-5-3-4-6-11(9)17-2/h3-6H,7H2,1-2H3,(H,15,16). The largest absolute Gasteiger partial charge is 0.496 e. The van der Waals surface area contributed by atoms with Crippen molar-refractivity contribution in [3.8, 4) is 17.1 Å². The molecule has 0 bridgehead atoms. The molecule has 2 aromatic rings. The molecule has 5 heteroatoms. The van der Waals surface area contributed by atoms with Crippen LogP contribution in [0.1, 0.15) is 11.3 Å². The van der Waals surface area contributed by atoms with Gasteiger partial charge in [0.25, 0.3) is 0 Å². The number of nitrogens with zero attached hydrogens (tertiary/aromatic N) is 1. The number of carboxylic acid groups (broad SMARTS) is 1. The first-order valence-corrected chi connectivity index (χ1v) is 5.43. The molecule has 5 nitrogen and oxygen atoms in total. The molecule has 0 atom stereocenters. The second kappa shape index (κ2) is 4.91. The molecule has 1 N–H and O–H groups in total. The van der Waals surface area contributed by atoms with E-state index in [9.17, 15) is 4.79 Å². The van der Waals surface area contributed by atoms with Gasteiger partial charge in [-0.2, -0.15) is 0 Å². The molecular weight excluding hydrogens is 234 g/mol. The predicted molar refractivity (Wildman–Crippen MR) is 64.6 cm³/mol. The Hall–Kier alpha value is -2.30. The fourth-order valence-electron chi connectivity index (χ4n) is 1.79. The number of carboxylic acids is 1. The third kappa shape index (κ3) is 2.20. The highest BCUT2D eigenvalue weighted by atomic mass is 16.5. The Kier molecular flexibility index (Phi) is 3.32. The highest BCUT2D eigenvalue weighted by molar-refractivity contribution is 5.76. The van der Waals surface area contributed by atoms with Gasteiger partial charge in [-0.25, -0.2) is 0 Å². The van der Waals surface area contributed by atoms with Crippen molar-refractivity contribution < 1.29 is 19.2 Å². The number of hydrogen-bond acceptors (Lipinski definition) is 4. The zero-order chi connectivity index (χ0) is 13.1. The number of aliphatic carboxylic acids is 1. The van der Waals surface area contributed by atoms with Crippen molar-refractivity contribution in [2.24, 2.45) is 0 Å². The van der Waals surface area contributed by atoms with Gasteiger partial charge in [-0.1, -0.05) is 17.3 Å². The monoisotopic (exact) mass is 247 g/mol. The van der Waals surface area contributed by atoms with E-state index in [1.54, 1.807) is 20.1 Å². The summed E-state index contributed by atoms with van der Waals surface area (Å²) in [6, 6.07) is 7.27. The Bertz CT molecular complexity index is 574. The van der Waals surface area contributed by atoms with Crippen molar-refractivity contribution in [2.75, 3.05) is 7.11 Å². The van der Waals surface area contributed by atoms with E-state index in [4.69, 9.17) is 14.4 Å². The molecule has 1 heterocycles. The summed E-state index contributed by atoms with van der Waals surface area (Å²) in [4.78, 5) is 10.9. The summed E-state index contributed by atoms with van der Waals surface area (Å²) in [7, 11) is 1.55. The van der Waals surface area contributed by atoms with Crippen LogP contribution in [-0.2, 0) is 11.2 Å². The van der Waals surface area contributed by atoms with Crippen LogP contribution in [0.15, 0.2) is 28.8 Å². The molecule has 0 fully saturated rings. The Morgan fingerprint density at radius 3 is 2.83 bits per heavy atom. The minimum atomic E-state index is -0.919. The van der Waals surface area contributed by atoms with Gasteiger partial charge in [0.15, 0.2) is 5.76 Å². The first kappa shape index (κ1) is 12.2. The van der Waals surface area contributed by atoms with Crippen LogP contribution in [0.2, 0.25) is 0 Å². The number of aromatic nitrogens is 1. The number of benzene rings is 1. The van der Waals surface area contributed by atoms with E-state index in [0.29, 0.717) is 28.3 Å². The van der Waals surface area contributed by atoms with Crippen molar-refractivity contribution in [2.45, 2.75) is 13.3 Å². The molecule has 1 aromatic carbocycles. The predicted octanol–water partition coefficient (Wildman–Crippen LogP) is 2.29. The second-order valence-electron chi connectivity index (χ2n) is 3.85. The first-order chi connectivity index (χ1) is 8.63. The molecular formula is C13H13NO4. The van der Waals surface area contributed by atoms with E-state index >= 15 is 0 Å². The van der Waals surface area contributed by atoms with E-state index in [1.807, 2.05) is 18.2 Å². The summed E-state index contributed by atoms with van der Waals surface area (Å²) >= 11 is 0. The lowest BCUT2D eigenvalue weighted by molar-refractivity contribution is -0.136. The van der Waals surface area contributed by atoms with Crippen molar-refractivity contribution in [1.29, 1.82) is 0 Å². The lowest BCUT2D eigenvalue weighted by Gasteiger charge is -2.06. The molecule has 0 unspecified atom stereocenters. The van der Waals surface area contributed by atoms with Crippen LogP contribution in [-0.4, -0.2) is 23.3 Å². The third-order valence-electron chi connectivity index (χ3n) is 2.66. The highest BCUT2D eigenvalue weighted by Crippen LogP contribution is 2.33. The number of methoxy groups -OCH3 is 1. The van der Waals surface area contributed by atoms with Crippen LogP contribution in [0.5, 0.6) is 5.75 Å². The Balaban J connectivity index is 2.53. The molecule has 0 spiro atoms. The normalized spacial score (nSPS) is 10.3. The number of aryl methyl sites for hydroxylation is 1. The molecule has 0 radical (unpaired) electrons. The summed E-state index contributed by atoms with van der Waals surface area (Å²) in [5, 5.41) is 12.7. The lowest BCUT2D eigenvalue weighted by Crippen LogP contribution is -2.02. The van der Waals surface area contributed by atoms with Gasteiger partial charge >= 0.3 is 5.97 Å². The second-order valence-corrected chi connectivity index (χ2v) is 3.85. The maximum Gasteiger partial charge on any atom is 0.308 e. The topological polar surface area (TPSA) is 72.6 Å². The molecule has 0 saturated heterocycles. The molecule has 18 heavy (non-hydrogen) atoms. The fraction of sp³-hybridized carbons (Fsp3) is 0.231. The molecule has 0 aliphatic heterocycles. The lowest BCUT2D eigenvalue weighted by atomic mass is 10.0. The van der Waals surface area contributed by atoms with Crippen molar-refractivity contribution >= 4 is 5.97 Å². The summed E-state index contributed by atoms with van der Waals surface area (Å²) in [6.45, 7) is 1.72. The molecule has 0 saturated carbocycles. The number of carbonyl (C=O) groups is 1. The molecule has 0 aliphatic rings. The van der Waals surface area contributed by atoms with Gasteiger partial charge in [0, 0.05) is 5.56 Å². The van der Waals surface area contributed by atoms with E-state index in [2.05, 4.69) is 5.16 Å². The zero-order valence-electron chi connectivity index (χ0n) is 10.1.